The fourth-order valence-electron chi connectivity index (χ4n) is 1.58. The number of pyridine rings is 1. The fraction of sp³-hybridized carbons (Fsp3) is 0.538. The minimum Gasteiger partial charge on any atom is -0.487 e. The Labute approximate surface area is 107 Å². The van der Waals surface area contributed by atoms with Crippen LogP contribution in [0.25, 0.3) is 0 Å². The summed E-state index contributed by atoms with van der Waals surface area (Å²) in [6, 6.07) is 1.78. The van der Waals surface area contributed by atoms with Crippen LogP contribution in [0.5, 0.6) is 5.75 Å². The van der Waals surface area contributed by atoms with Crippen LogP contribution in [0.3, 0.4) is 0 Å². The number of nitrogens with zero attached hydrogens (tertiary/aromatic N) is 3. The molecule has 1 heterocycles. The van der Waals surface area contributed by atoms with E-state index in [0.717, 1.165) is 24.3 Å². The first-order valence-corrected chi connectivity index (χ1v) is 6.04. The van der Waals surface area contributed by atoms with Gasteiger partial charge in [0.1, 0.15) is 5.69 Å². The summed E-state index contributed by atoms with van der Waals surface area (Å²) in [6.07, 6.45) is 4.17. The first-order valence-electron chi connectivity index (χ1n) is 6.04. The van der Waals surface area contributed by atoms with Crippen LogP contribution >= 0.6 is 0 Å². The van der Waals surface area contributed by atoms with E-state index >= 15 is 0 Å². The van der Waals surface area contributed by atoms with E-state index in [9.17, 15) is 4.79 Å². The average molecular weight is 249 g/mol. The van der Waals surface area contributed by atoms with Crippen LogP contribution in [-0.2, 0) is 0 Å². The van der Waals surface area contributed by atoms with Gasteiger partial charge in [-0.1, -0.05) is 0 Å². The van der Waals surface area contributed by atoms with Crippen LogP contribution in [0.4, 0.5) is 5.69 Å². The molecule has 0 saturated heterocycles. The standard InChI is InChI=1S/C13H19N3O2/c1-15(2)11-7-10(13(17)16(3)4)14-8-12(11)18-9-5-6-9/h7-9H,5-6H2,1-4H3. The maximum absolute atomic E-state index is 11.9. The van der Waals surface area contributed by atoms with Crippen LogP contribution in [0.1, 0.15) is 23.3 Å². The number of rotatable bonds is 4. The van der Waals surface area contributed by atoms with Gasteiger partial charge in [-0.25, -0.2) is 4.98 Å². The Morgan fingerprint density at radius 1 is 1.33 bits per heavy atom. The molecule has 1 aliphatic rings. The van der Waals surface area contributed by atoms with Crippen molar-refractivity contribution in [2.24, 2.45) is 0 Å². The molecule has 0 aromatic carbocycles. The third kappa shape index (κ3) is 2.72. The number of carbonyl (C=O) groups is 1. The highest BCUT2D eigenvalue weighted by molar-refractivity contribution is 5.93. The summed E-state index contributed by atoms with van der Waals surface area (Å²) < 4.78 is 5.78. The van der Waals surface area contributed by atoms with Crippen molar-refractivity contribution in [1.29, 1.82) is 0 Å². The lowest BCUT2D eigenvalue weighted by atomic mass is 10.2. The zero-order valence-corrected chi connectivity index (χ0v) is 11.3. The van der Waals surface area contributed by atoms with E-state index in [1.165, 1.54) is 4.90 Å². The SMILES string of the molecule is CN(C)C(=O)c1cc(N(C)C)c(OC2CC2)cn1. The van der Waals surface area contributed by atoms with E-state index in [-0.39, 0.29) is 5.91 Å². The molecule has 0 aliphatic heterocycles. The van der Waals surface area contributed by atoms with E-state index in [2.05, 4.69) is 4.98 Å². The first kappa shape index (κ1) is 12.7. The molecule has 1 saturated carbocycles. The molecule has 1 aromatic rings. The second-order valence-electron chi connectivity index (χ2n) is 4.95. The van der Waals surface area contributed by atoms with Gasteiger partial charge >= 0.3 is 0 Å². The molecule has 2 rings (SSSR count). The Kier molecular flexibility index (Phi) is 3.41. The van der Waals surface area contributed by atoms with Crippen LogP contribution in [0.15, 0.2) is 12.3 Å². The first-order chi connectivity index (χ1) is 8.49. The van der Waals surface area contributed by atoms with Gasteiger partial charge in [-0.2, -0.15) is 0 Å². The topological polar surface area (TPSA) is 45.7 Å². The number of hydrogen-bond donors (Lipinski definition) is 0. The fourth-order valence-corrected chi connectivity index (χ4v) is 1.58. The minimum atomic E-state index is -0.101. The number of amides is 1. The average Bonchev–Trinajstić information content (AvgIpc) is 3.12. The van der Waals surface area contributed by atoms with Gasteiger partial charge in [-0.3, -0.25) is 4.79 Å². The van der Waals surface area contributed by atoms with E-state index in [0.29, 0.717) is 11.8 Å². The molecule has 0 bridgehead atoms. The molecule has 1 fully saturated rings. The molecule has 1 amide bonds. The van der Waals surface area contributed by atoms with Gasteiger partial charge in [0.25, 0.3) is 5.91 Å². The predicted molar refractivity (Wildman–Crippen MR) is 70.2 cm³/mol. The number of ether oxygens (including phenoxy) is 1. The Hall–Kier alpha value is -1.78. The number of hydrogen-bond acceptors (Lipinski definition) is 4. The van der Waals surface area contributed by atoms with Crippen LogP contribution in [-0.4, -0.2) is 50.1 Å². The highest BCUT2D eigenvalue weighted by Gasteiger charge is 2.25. The molecule has 5 nitrogen and oxygen atoms in total. The Morgan fingerprint density at radius 2 is 2.00 bits per heavy atom. The third-order valence-corrected chi connectivity index (χ3v) is 2.77. The predicted octanol–water partition coefficient (Wildman–Crippen LogP) is 1.39. The molecule has 0 spiro atoms. The molecule has 0 unspecified atom stereocenters. The van der Waals surface area contributed by atoms with Crippen LogP contribution < -0.4 is 9.64 Å². The van der Waals surface area contributed by atoms with E-state index < -0.39 is 0 Å². The quantitative estimate of drug-likeness (QED) is 0.809. The normalized spacial score (nSPS) is 14.2. The zero-order chi connectivity index (χ0) is 13.3. The van der Waals surface area contributed by atoms with Gasteiger partial charge in [-0.05, 0) is 18.9 Å². The molecule has 0 N–H and O–H groups in total. The Balaban J connectivity index is 2.29. The lowest BCUT2D eigenvalue weighted by molar-refractivity contribution is 0.0822. The lowest BCUT2D eigenvalue weighted by Gasteiger charge is -2.19. The second-order valence-corrected chi connectivity index (χ2v) is 4.95. The monoisotopic (exact) mass is 249 g/mol. The molecule has 98 valence electrons. The number of aromatic nitrogens is 1. The maximum Gasteiger partial charge on any atom is 0.272 e. The molecular formula is C13H19N3O2. The Bertz CT molecular complexity index is 454. The van der Waals surface area contributed by atoms with Gasteiger partial charge in [0.15, 0.2) is 5.75 Å². The summed E-state index contributed by atoms with van der Waals surface area (Å²) >= 11 is 0. The van der Waals surface area contributed by atoms with Crippen molar-refractivity contribution in [2.45, 2.75) is 18.9 Å². The highest BCUT2D eigenvalue weighted by atomic mass is 16.5. The van der Waals surface area contributed by atoms with Crippen molar-refractivity contribution >= 4 is 11.6 Å². The third-order valence-electron chi connectivity index (χ3n) is 2.77. The number of carbonyl (C=O) groups excluding carboxylic acids is 1. The van der Waals surface area contributed by atoms with Crippen LogP contribution in [0, 0.1) is 0 Å². The second kappa shape index (κ2) is 4.84. The van der Waals surface area contributed by atoms with Crippen molar-refractivity contribution in [3.05, 3.63) is 18.0 Å². The van der Waals surface area contributed by atoms with Crippen molar-refractivity contribution in [3.8, 4) is 5.75 Å². The highest BCUT2D eigenvalue weighted by Crippen LogP contribution is 2.33. The van der Waals surface area contributed by atoms with Crippen LogP contribution in [0.2, 0.25) is 0 Å². The largest absolute Gasteiger partial charge is 0.487 e. The van der Waals surface area contributed by atoms with Gasteiger partial charge in [0, 0.05) is 28.2 Å². The molecule has 1 aliphatic carbocycles. The van der Waals surface area contributed by atoms with Gasteiger partial charge in [0.05, 0.1) is 18.0 Å². The zero-order valence-electron chi connectivity index (χ0n) is 11.3. The summed E-state index contributed by atoms with van der Waals surface area (Å²) in [5, 5.41) is 0. The maximum atomic E-state index is 11.9. The van der Waals surface area contributed by atoms with E-state index in [1.54, 1.807) is 26.4 Å². The van der Waals surface area contributed by atoms with E-state index in [4.69, 9.17) is 4.74 Å². The molecule has 1 aromatic heterocycles. The van der Waals surface area contributed by atoms with Crippen molar-refractivity contribution in [3.63, 3.8) is 0 Å². The summed E-state index contributed by atoms with van der Waals surface area (Å²) in [7, 11) is 7.29. The molecular weight excluding hydrogens is 230 g/mol. The minimum absolute atomic E-state index is 0.101. The summed E-state index contributed by atoms with van der Waals surface area (Å²) in [4.78, 5) is 19.5. The Morgan fingerprint density at radius 3 is 2.50 bits per heavy atom. The summed E-state index contributed by atoms with van der Waals surface area (Å²) in [5.74, 6) is 0.647. The van der Waals surface area contributed by atoms with Crippen molar-refractivity contribution < 1.29 is 9.53 Å². The molecule has 18 heavy (non-hydrogen) atoms. The van der Waals surface area contributed by atoms with Gasteiger partial charge in [0.2, 0.25) is 0 Å². The smallest absolute Gasteiger partial charge is 0.272 e. The molecule has 0 radical (unpaired) electrons. The van der Waals surface area contributed by atoms with Crippen molar-refractivity contribution in [1.82, 2.24) is 9.88 Å². The lowest BCUT2D eigenvalue weighted by Crippen LogP contribution is -2.23. The van der Waals surface area contributed by atoms with Gasteiger partial charge < -0.3 is 14.5 Å². The number of anilines is 1. The van der Waals surface area contributed by atoms with E-state index in [1.807, 2.05) is 19.0 Å². The van der Waals surface area contributed by atoms with Crippen molar-refractivity contribution in [2.75, 3.05) is 33.1 Å². The summed E-state index contributed by atoms with van der Waals surface area (Å²) in [6.45, 7) is 0. The molecule has 0 atom stereocenters. The van der Waals surface area contributed by atoms with Gasteiger partial charge in [-0.15, -0.1) is 0 Å². The summed E-state index contributed by atoms with van der Waals surface area (Å²) in [5.41, 5.74) is 1.33. The molecule has 5 heteroatoms.